The predicted octanol–water partition coefficient (Wildman–Crippen LogP) is 3.24. The zero-order valence-corrected chi connectivity index (χ0v) is 10.2. The van der Waals surface area contributed by atoms with Crippen molar-refractivity contribution in [1.29, 1.82) is 10.5 Å². The van der Waals surface area contributed by atoms with E-state index in [0.29, 0.717) is 0 Å². The standard InChI is InChI=1S/C10H4Cl2N4O2/c11-7-1-2-8(16(17)18)9(12)10(7)15-5-6(3-13)4-14/h1-2,5,15H. The quantitative estimate of drug-likeness (QED) is 0.521. The topological polar surface area (TPSA) is 103 Å². The lowest BCUT2D eigenvalue weighted by molar-refractivity contribution is -0.384. The van der Waals surface area contributed by atoms with Crippen LogP contribution >= 0.6 is 23.2 Å². The molecule has 0 unspecified atom stereocenters. The summed E-state index contributed by atoms with van der Waals surface area (Å²) in [6.45, 7) is 0. The lowest BCUT2D eigenvalue weighted by Crippen LogP contribution is -1.96. The molecule has 1 aromatic carbocycles. The number of nitriles is 2. The van der Waals surface area contributed by atoms with Gasteiger partial charge >= 0.3 is 0 Å². The van der Waals surface area contributed by atoms with Crippen molar-refractivity contribution >= 4 is 34.6 Å². The Morgan fingerprint density at radius 3 is 2.50 bits per heavy atom. The van der Waals surface area contributed by atoms with Crippen molar-refractivity contribution in [2.24, 2.45) is 0 Å². The number of halogens is 2. The van der Waals surface area contributed by atoms with Gasteiger partial charge in [0.2, 0.25) is 0 Å². The minimum Gasteiger partial charge on any atom is -0.357 e. The second-order valence-electron chi connectivity index (χ2n) is 2.94. The molecule has 0 amide bonds. The lowest BCUT2D eigenvalue weighted by atomic mass is 10.2. The number of nitro benzene ring substituents is 1. The van der Waals surface area contributed by atoms with E-state index in [9.17, 15) is 10.1 Å². The van der Waals surface area contributed by atoms with Gasteiger partial charge in [0, 0.05) is 12.3 Å². The van der Waals surface area contributed by atoms with Gasteiger partial charge in [-0.1, -0.05) is 23.2 Å². The van der Waals surface area contributed by atoms with Crippen molar-refractivity contribution in [3.8, 4) is 12.1 Å². The number of nitrogens with zero attached hydrogens (tertiary/aromatic N) is 3. The van der Waals surface area contributed by atoms with Crippen molar-refractivity contribution < 1.29 is 4.92 Å². The number of nitro groups is 1. The van der Waals surface area contributed by atoms with Crippen molar-refractivity contribution in [1.82, 2.24) is 0 Å². The van der Waals surface area contributed by atoms with Crippen LogP contribution in [0.5, 0.6) is 0 Å². The van der Waals surface area contributed by atoms with Crippen molar-refractivity contribution in [3.05, 3.63) is 44.1 Å². The fourth-order valence-electron chi connectivity index (χ4n) is 1.05. The number of nitrogens with one attached hydrogen (secondary N) is 1. The second-order valence-corrected chi connectivity index (χ2v) is 3.72. The Bertz CT molecular complexity index is 598. The molecule has 1 N–H and O–H groups in total. The molecule has 90 valence electrons. The number of benzene rings is 1. The molecule has 1 rings (SSSR count). The molecule has 0 aliphatic rings. The Hall–Kier alpha value is -2.28. The Balaban J connectivity index is 3.22. The molecule has 0 radical (unpaired) electrons. The number of anilines is 1. The van der Waals surface area contributed by atoms with Crippen molar-refractivity contribution in [2.45, 2.75) is 0 Å². The molecule has 18 heavy (non-hydrogen) atoms. The number of rotatable bonds is 3. The summed E-state index contributed by atoms with van der Waals surface area (Å²) >= 11 is 11.6. The van der Waals surface area contributed by atoms with Crippen LogP contribution in [-0.4, -0.2) is 4.92 Å². The van der Waals surface area contributed by atoms with Gasteiger partial charge in [-0.15, -0.1) is 0 Å². The normalized spacial score (nSPS) is 8.89. The molecule has 6 nitrogen and oxygen atoms in total. The van der Waals surface area contributed by atoms with E-state index in [4.69, 9.17) is 33.7 Å². The summed E-state index contributed by atoms with van der Waals surface area (Å²) in [7, 11) is 0. The summed E-state index contributed by atoms with van der Waals surface area (Å²) < 4.78 is 0. The highest BCUT2D eigenvalue weighted by Crippen LogP contribution is 2.37. The van der Waals surface area contributed by atoms with E-state index in [1.165, 1.54) is 6.07 Å². The predicted molar refractivity (Wildman–Crippen MR) is 66.0 cm³/mol. The molecule has 0 aliphatic carbocycles. The van der Waals surface area contributed by atoms with Gasteiger partial charge in [-0.2, -0.15) is 10.5 Å². The summed E-state index contributed by atoms with van der Waals surface area (Å²) in [6.07, 6.45) is 1.07. The van der Waals surface area contributed by atoms with E-state index in [1.807, 2.05) is 0 Å². The minimum absolute atomic E-state index is 0.0653. The average molecular weight is 283 g/mol. The largest absolute Gasteiger partial charge is 0.357 e. The molecule has 0 spiro atoms. The second kappa shape index (κ2) is 5.87. The van der Waals surface area contributed by atoms with Crippen molar-refractivity contribution in [3.63, 3.8) is 0 Å². The lowest BCUT2D eigenvalue weighted by Gasteiger charge is -2.06. The van der Waals surface area contributed by atoms with Gasteiger partial charge in [-0.05, 0) is 6.07 Å². The zero-order chi connectivity index (χ0) is 13.7. The zero-order valence-electron chi connectivity index (χ0n) is 8.65. The summed E-state index contributed by atoms with van der Waals surface area (Å²) in [5.41, 5.74) is -0.475. The van der Waals surface area contributed by atoms with Crippen LogP contribution in [0.3, 0.4) is 0 Å². The van der Waals surface area contributed by atoms with E-state index in [1.54, 1.807) is 12.1 Å². The highest BCUT2D eigenvalue weighted by Gasteiger charge is 2.18. The molecule has 0 aromatic heterocycles. The minimum atomic E-state index is -0.664. The number of hydrogen-bond donors (Lipinski definition) is 1. The molecule has 1 aromatic rings. The maximum absolute atomic E-state index is 10.7. The van der Waals surface area contributed by atoms with Gasteiger partial charge in [0.25, 0.3) is 5.69 Å². The monoisotopic (exact) mass is 282 g/mol. The van der Waals surface area contributed by atoms with E-state index < -0.39 is 4.92 Å². The van der Waals surface area contributed by atoms with Gasteiger partial charge in [-0.25, -0.2) is 0 Å². The molecular weight excluding hydrogens is 279 g/mol. The smallest absolute Gasteiger partial charge is 0.290 e. The highest BCUT2D eigenvalue weighted by atomic mass is 35.5. The SMILES string of the molecule is N#CC(C#N)=CNc1c(Cl)ccc([N+](=O)[O-])c1Cl. The Kier molecular flexibility index (Phi) is 4.50. The fourth-order valence-corrected chi connectivity index (χ4v) is 1.60. The Morgan fingerprint density at radius 2 is 2.00 bits per heavy atom. The van der Waals surface area contributed by atoms with Crippen LogP contribution in [0.2, 0.25) is 10.0 Å². The first kappa shape index (κ1) is 13.8. The summed E-state index contributed by atoms with van der Waals surface area (Å²) in [5, 5.41) is 30.2. The molecule has 0 fully saturated rings. The van der Waals surface area contributed by atoms with Gasteiger partial charge in [0.15, 0.2) is 0 Å². The fraction of sp³-hybridized carbons (Fsp3) is 0. The molecular formula is C10H4Cl2N4O2. The first-order chi connectivity index (χ1) is 8.51. The van der Waals surface area contributed by atoms with Crippen LogP contribution in [0.1, 0.15) is 0 Å². The first-order valence-electron chi connectivity index (χ1n) is 4.40. The van der Waals surface area contributed by atoms with Crippen LogP contribution in [0.4, 0.5) is 11.4 Å². The van der Waals surface area contributed by atoms with Crippen molar-refractivity contribution in [2.75, 3.05) is 5.32 Å². The molecule has 0 saturated carbocycles. The number of allylic oxidation sites excluding steroid dienone is 1. The Morgan fingerprint density at radius 1 is 1.39 bits per heavy atom. The Labute approximate surface area is 112 Å². The summed E-state index contributed by atoms with van der Waals surface area (Å²) in [5.74, 6) is 0. The van der Waals surface area contributed by atoms with E-state index >= 15 is 0 Å². The van der Waals surface area contributed by atoms with E-state index in [0.717, 1.165) is 12.3 Å². The van der Waals surface area contributed by atoms with Gasteiger partial charge in [0.05, 0.1) is 15.6 Å². The molecule has 0 saturated heterocycles. The third-order valence-corrected chi connectivity index (χ3v) is 2.57. The molecule has 0 aliphatic heterocycles. The van der Waals surface area contributed by atoms with Crippen LogP contribution in [0.25, 0.3) is 0 Å². The molecule has 8 heteroatoms. The third-order valence-electron chi connectivity index (χ3n) is 1.87. The summed E-state index contributed by atoms with van der Waals surface area (Å²) in [4.78, 5) is 10.0. The van der Waals surface area contributed by atoms with Gasteiger partial charge in [-0.3, -0.25) is 10.1 Å². The molecule has 0 heterocycles. The van der Waals surface area contributed by atoms with Gasteiger partial charge < -0.3 is 5.32 Å². The first-order valence-corrected chi connectivity index (χ1v) is 5.16. The maximum Gasteiger partial charge on any atom is 0.290 e. The average Bonchev–Trinajstić information content (AvgIpc) is 2.33. The number of hydrogen-bond acceptors (Lipinski definition) is 5. The van der Waals surface area contributed by atoms with Crippen LogP contribution in [0.15, 0.2) is 23.9 Å². The summed E-state index contributed by atoms with van der Waals surface area (Å²) in [6, 6.07) is 5.69. The van der Waals surface area contributed by atoms with E-state index in [-0.39, 0.29) is 27.0 Å². The molecule has 0 atom stereocenters. The van der Waals surface area contributed by atoms with Gasteiger partial charge in [0.1, 0.15) is 22.7 Å². The molecule has 0 bridgehead atoms. The highest BCUT2D eigenvalue weighted by molar-refractivity contribution is 6.40. The third kappa shape index (κ3) is 2.89. The van der Waals surface area contributed by atoms with E-state index in [2.05, 4.69) is 5.32 Å². The van der Waals surface area contributed by atoms with Crippen LogP contribution < -0.4 is 5.32 Å². The van der Waals surface area contributed by atoms with Crippen LogP contribution in [0, 0.1) is 32.8 Å². The van der Waals surface area contributed by atoms with Crippen LogP contribution in [-0.2, 0) is 0 Å². The maximum atomic E-state index is 10.7.